The minimum absolute atomic E-state index is 0.00335. The fourth-order valence-corrected chi connectivity index (χ4v) is 3.09. The van der Waals surface area contributed by atoms with Gasteiger partial charge in [0.25, 0.3) is 0 Å². The van der Waals surface area contributed by atoms with Gasteiger partial charge in [-0.15, -0.1) is 0 Å². The first kappa shape index (κ1) is 16.3. The molecule has 116 valence electrons. The average molecular weight is 312 g/mol. The van der Waals surface area contributed by atoms with Crippen molar-refractivity contribution in [1.82, 2.24) is 5.06 Å². The number of halogens is 1. The molecule has 1 aromatic carbocycles. The van der Waals surface area contributed by atoms with Crippen LogP contribution in [0.4, 0.5) is 0 Å². The molecule has 1 aliphatic carbocycles. The Labute approximate surface area is 130 Å². The van der Waals surface area contributed by atoms with Crippen LogP contribution in [-0.2, 0) is 9.63 Å². The number of aliphatic hydroxyl groups excluding tert-OH is 1. The molecular formula is C16H22ClNO3. The Bertz CT molecular complexity index is 469. The van der Waals surface area contributed by atoms with E-state index in [0.717, 1.165) is 31.2 Å². The Kier molecular flexibility index (Phi) is 5.62. The molecule has 1 fully saturated rings. The Hall–Kier alpha value is -1.10. The molecule has 2 rings (SSSR count). The fraction of sp³-hybridized carbons (Fsp3) is 0.562. The van der Waals surface area contributed by atoms with Crippen LogP contribution in [0.25, 0.3) is 0 Å². The third-order valence-electron chi connectivity index (χ3n) is 4.36. The first-order valence-corrected chi connectivity index (χ1v) is 7.66. The second-order valence-corrected chi connectivity index (χ2v) is 6.06. The van der Waals surface area contributed by atoms with Crippen LogP contribution >= 0.6 is 11.6 Å². The highest BCUT2D eigenvalue weighted by molar-refractivity contribution is 6.30. The zero-order valence-electron chi connectivity index (χ0n) is 12.5. The predicted octanol–water partition coefficient (Wildman–Crippen LogP) is 3.20. The molecule has 1 atom stereocenters. The number of carbonyl (C=O) groups is 1. The van der Waals surface area contributed by atoms with Crippen LogP contribution < -0.4 is 0 Å². The van der Waals surface area contributed by atoms with E-state index in [9.17, 15) is 9.90 Å². The third kappa shape index (κ3) is 3.96. The summed E-state index contributed by atoms with van der Waals surface area (Å²) in [5.41, 5.74) is 0.892. The molecule has 1 saturated carbocycles. The van der Waals surface area contributed by atoms with Crippen molar-refractivity contribution in [2.75, 3.05) is 14.2 Å². The third-order valence-corrected chi connectivity index (χ3v) is 4.62. The fourth-order valence-electron chi connectivity index (χ4n) is 2.96. The zero-order chi connectivity index (χ0) is 15.4. The normalized spacial score (nSPS) is 23.6. The standard InChI is InChI=1S/C16H22ClNO3/c1-18(21-2)16(20)13-5-3-11(4-6-13)15(19)12-7-9-14(17)10-8-12/h7-11,13,15,19H,3-6H2,1-2H3. The summed E-state index contributed by atoms with van der Waals surface area (Å²) in [5, 5.41) is 12.4. The first-order valence-electron chi connectivity index (χ1n) is 7.28. The van der Waals surface area contributed by atoms with E-state index in [1.807, 2.05) is 12.1 Å². The monoisotopic (exact) mass is 311 g/mol. The lowest BCUT2D eigenvalue weighted by atomic mass is 9.77. The van der Waals surface area contributed by atoms with Gasteiger partial charge >= 0.3 is 0 Å². The Morgan fingerprint density at radius 1 is 1.29 bits per heavy atom. The van der Waals surface area contributed by atoms with Gasteiger partial charge in [0.1, 0.15) is 0 Å². The SMILES string of the molecule is CON(C)C(=O)C1CCC(C(O)c2ccc(Cl)cc2)CC1. The molecule has 0 saturated heterocycles. The molecule has 0 aliphatic heterocycles. The number of nitrogens with zero attached hydrogens (tertiary/aromatic N) is 1. The van der Waals surface area contributed by atoms with Crippen molar-refractivity contribution < 1.29 is 14.7 Å². The average Bonchev–Trinajstić information content (AvgIpc) is 2.53. The maximum Gasteiger partial charge on any atom is 0.248 e. The van der Waals surface area contributed by atoms with Crippen LogP contribution in [0.3, 0.4) is 0 Å². The van der Waals surface area contributed by atoms with Crippen molar-refractivity contribution in [3.63, 3.8) is 0 Å². The topological polar surface area (TPSA) is 49.8 Å². The van der Waals surface area contributed by atoms with Gasteiger partial charge in [0, 0.05) is 18.0 Å². The molecule has 1 N–H and O–H groups in total. The molecule has 21 heavy (non-hydrogen) atoms. The van der Waals surface area contributed by atoms with Crippen LogP contribution in [0.15, 0.2) is 24.3 Å². The minimum Gasteiger partial charge on any atom is -0.388 e. The number of amides is 1. The summed E-state index contributed by atoms with van der Waals surface area (Å²) in [6.45, 7) is 0. The van der Waals surface area contributed by atoms with E-state index in [4.69, 9.17) is 16.4 Å². The van der Waals surface area contributed by atoms with Crippen molar-refractivity contribution in [3.8, 4) is 0 Å². The molecular weight excluding hydrogens is 290 g/mol. The molecule has 4 nitrogen and oxygen atoms in total. The number of aliphatic hydroxyl groups is 1. The molecule has 0 spiro atoms. The molecule has 0 heterocycles. The van der Waals surface area contributed by atoms with Crippen LogP contribution in [0.2, 0.25) is 5.02 Å². The summed E-state index contributed by atoms with van der Waals surface area (Å²) in [4.78, 5) is 17.0. The number of rotatable bonds is 4. The van der Waals surface area contributed by atoms with Gasteiger partial charge in [0.2, 0.25) is 5.91 Å². The van der Waals surface area contributed by atoms with Gasteiger partial charge in [-0.05, 0) is 49.3 Å². The summed E-state index contributed by atoms with van der Waals surface area (Å²) in [6.07, 6.45) is 2.79. The van der Waals surface area contributed by atoms with Crippen LogP contribution in [0.5, 0.6) is 0 Å². The summed E-state index contributed by atoms with van der Waals surface area (Å²) in [6, 6.07) is 7.32. The van der Waals surface area contributed by atoms with Crippen molar-refractivity contribution >= 4 is 17.5 Å². The van der Waals surface area contributed by atoms with Gasteiger partial charge in [-0.3, -0.25) is 9.63 Å². The van der Waals surface area contributed by atoms with Crippen molar-refractivity contribution in [3.05, 3.63) is 34.9 Å². The van der Waals surface area contributed by atoms with Crippen LogP contribution in [-0.4, -0.2) is 30.2 Å². The molecule has 0 aromatic heterocycles. The van der Waals surface area contributed by atoms with E-state index in [-0.39, 0.29) is 17.7 Å². The lowest BCUT2D eigenvalue weighted by Crippen LogP contribution is -2.35. The minimum atomic E-state index is -0.488. The largest absolute Gasteiger partial charge is 0.388 e. The first-order chi connectivity index (χ1) is 10.0. The molecule has 1 unspecified atom stereocenters. The van der Waals surface area contributed by atoms with Gasteiger partial charge in [0.05, 0.1) is 13.2 Å². The summed E-state index contributed by atoms with van der Waals surface area (Å²) in [7, 11) is 3.13. The summed E-state index contributed by atoms with van der Waals surface area (Å²) < 4.78 is 0. The van der Waals surface area contributed by atoms with Crippen molar-refractivity contribution in [2.45, 2.75) is 31.8 Å². The van der Waals surface area contributed by atoms with E-state index in [0.29, 0.717) is 5.02 Å². The van der Waals surface area contributed by atoms with E-state index in [2.05, 4.69) is 0 Å². The highest BCUT2D eigenvalue weighted by Gasteiger charge is 2.31. The molecule has 1 aromatic rings. The Morgan fingerprint density at radius 3 is 2.38 bits per heavy atom. The smallest absolute Gasteiger partial charge is 0.248 e. The maximum atomic E-state index is 12.0. The van der Waals surface area contributed by atoms with E-state index in [1.54, 1.807) is 19.2 Å². The Balaban J connectivity index is 1.91. The summed E-state index contributed by atoms with van der Waals surface area (Å²) in [5.74, 6) is 0.226. The highest BCUT2D eigenvalue weighted by Crippen LogP contribution is 2.37. The lowest BCUT2D eigenvalue weighted by Gasteiger charge is -2.32. The molecule has 5 heteroatoms. The van der Waals surface area contributed by atoms with Gasteiger partial charge in [-0.1, -0.05) is 23.7 Å². The highest BCUT2D eigenvalue weighted by atomic mass is 35.5. The number of carbonyl (C=O) groups excluding carboxylic acids is 1. The van der Waals surface area contributed by atoms with E-state index >= 15 is 0 Å². The molecule has 0 bridgehead atoms. The van der Waals surface area contributed by atoms with E-state index < -0.39 is 6.10 Å². The predicted molar refractivity (Wildman–Crippen MR) is 81.6 cm³/mol. The second-order valence-electron chi connectivity index (χ2n) is 5.63. The van der Waals surface area contributed by atoms with Gasteiger partial charge in [-0.2, -0.15) is 0 Å². The molecule has 1 amide bonds. The lowest BCUT2D eigenvalue weighted by molar-refractivity contribution is -0.175. The Morgan fingerprint density at radius 2 is 1.86 bits per heavy atom. The van der Waals surface area contributed by atoms with E-state index in [1.165, 1.54) is 12.2 Å². The number of benzene rings is 1. The summed E-state index contributed by atoms with van der Waals surface area (Å²) >= 11 is 5.86. The van der Waals surface area contributed by atoms with Crippen molar-refractivity contribution in [1.29, 1.82) is 0 Å². The quantitative estimate of drug-likeness (QED) is 0.869. The maximum absolute atomic E-state index is 12.0. The number of hydrogen-bond acceptors (Lipinski definition) is 3. The molecule has 0 radical (unpaired) electrons. The van der Waals surface area contributed by atoms with Gasteiger partial charge in [0.15, 0.2) is 0 Å². The van der Waals surface area contributed by atoms with Gasteiger partial charge in [-0.25, -0.2) is 5.06 Å². The van der Waals surface area contributed by atoms with Crippen LogP contribution in [0, 0.1) is 11.8 Å². The second kappa shape index (κ2) is 7.25. The molecule has 1 aliphatic rings. The van der Waals surface area contributed by atoms with Crippen molar-refractivity contribution in [2.24, 2.45) is 11.8 Å². The van der Waals surface area contributed by atoms with Gasteiger partial charge < -0.3 is 5.11 Å². The van der Waals surface area contributed by atoms with Crippen LogP contribution in [0.1, 0.15) is 37.4 Å². The number of hydroxylamine groups is 2. The number of hydrogen-bond donors (Lipinski definition) is 1. The zero-order valence-corrected chi connectivity index (χ0v) is 13.2.